The first kappa shape index (κ1) is 20.2. The maximum atomic E-state index is 13.2. The zero-order valence-corrected chi connectivity index (χ0v) is 17.5. The van der Waals surface area contributed by atoms with Crippen LogP contribution in [-0.4, -0.2) is 30.1 Å². The van der Waals surface area contributed by atoms with E-state index in [1.165, 1.54) is 16.7 Å². The van der Waals surface area contributed by atoms with E-state index in [4.69, 9.17) is 0 Å². The molecule has 0 saturated carbocycles. The van der Waals surface area contributed by atoms with Crippen molar-refractivity contribution in [3.8, 4) is 11.1 Å². The van der Waals surface area contributed by atoms with Crippen molar-refractivity contribution in [2.75, 3.05) is 18.4 Å². The summed E-state index contributed by atoms with van der Waals surface area (Å²) in [5, 5.41) is 6.49. The molecule has 0 unspecified atom stereocenters. The smallest absolute Gasteiger partial charge is 0.317 e. The van der Waals surface area contributed by atoms with Crippen LogP contribution in [0.5, 0.6) is 0 Å². The Morgan fingerprint density at radius 3 is 2.20 bits per heavy atom. The minimum Gasteiger partial charge on any atom is -0.317 e. The Bertz CT molecular complexity index is 946. The molecule has 4 rings (SSSR count). The normalized spacial score (nSPS) is 14.3. The molecule has 0 aliphatic carbocycles. The fourth-order valence-corrected chi connectivity index (χ4v) is 3.95. The number of carbonyl (C=O) groups is 1. The van der Waals surface area contributed by atoms with Crippen LogP contribution in [0.1, 0.15) is 24.0 Å². The van der Waals surface area contributed by atoms with Crippen LogP contribution < -0.4 is 10.6 Å². The fraction of sp³-hybridized carbons (Fsp3) is 0.269. The van der Waals surface area contributed by atoms with Gasteiger partial charge in [0.15, 0.2) is 0 Å². The van der Waals surface area contributed by atoms with Crippen molar-refractivity contribution in [2.45, 2.75) is 32.4 Å². The average Bonchev–Trinajstić information content (AvgIpc) is 2.80. The van der Waals surface area contributed by atoms with Gasteiger partial charge in [0.1, 0.15) is 0 Å². The number of piperidine rings is 1. The van der Waals surface area contributed by atoms with Gasteiger partial charge >= 0.3 is 6.03 Å². The summed E-state index contributed by atoms with van der Waals surface area (Å²) in [4.78, 5) is 15.2. The molecule has 3 aromatic carbocycles. The summed E-state index contributed by atoms with van der Waals surface area (Å²) in [7, 11) is 0. The van der Waals surface area contributed by atoms with Crippen LogP contribution >= 0.6 is 0 Å². The van der Waals surface area contributed by atoms with E-state index >= 15 is 0 Å². The average molecular weight is 400 g/mol. The summed E-state index contributed by atoms with van der Waals surface area (Å²) in [6.45, 7) is 4.56. The molecule has 154 valence electrons. The molecule has 1 aliphatic heterocycles. The Kier molecular flexibility index (Phi) is 6.45. The molecule has 4 nitrogen and oxygen atoms in total. The summed E-state index contributed by atoms with van der Waals surface area (Å²) in [6.07, 6.45) is 1.95. The van der Waals surface area contributed by atoms with Crippen LogP contribution in [-0.2, 0) is 6.54 Å². The van der Waals surface area contributed by atoms with Gasteiger partial charge < -0.3 is 15.5 Å². The number of benzene rings is 3. The minimum absolute atomic E-state index is 0.0297. The molecular weight excluding hydrogens is 370 g/mol. The second-order valence-corrected chi connectivity index (χ2v) is 7.97. The number of anilines is 1. The van der Waals surface area contributed by atoms with Crippen molar-refractivity contribution in [3.05, 3.63) is 90.0 Å². The third-order valence-corrected chi connectivity index (χ3v) is 5.73. The zero-order chi connectivity index (χ0) is 20.8. The Balaban J connectivity index is 1.50. The van der Waals surface area contributed by atoms with Crippen molar-refractivity contribution in [1.82, 2.24) is 10.2 Å². The predicted octanol–water partition coefficient (Wildman–Crippen LogP) is 5.45. The van der Waals surface area contributed by atoms with Gasteiger partial charge in [-0.15, -0.1) is 0 Å². The van der Waals surface area contributed by atoms with Gasteiger partial charge in [-0.05, 0) is 61.7 Å². The van der Waals surface area contributed by atoms with E-state index in [0.29, 0.717) is 6.54 Å². The highest BCUT2D eigenvalue weighted by molar-refractivity contribution is 5.89. The molecule has 2 N–H and O–H groups in total. The summed E-state index contributed by atoms with van der Waals surface area (Å²) in [5.41, 5.74) is 5.56. The van der Waals surface area contributed by atoms with Crippen LogP contribution in [0.25, 0.3) is 11.1 Å². The first-order chi connectivity index (χ1) is 14.7. The van der Waals surface area contributed by atoms with Gasteiger partial charge in [0.25, 0.3) is 0 Å². The lowest BCUT2D eigenvalue weighted by atomic mass is 10.0. The number of urea groups is 1. The second kappa shape index (κ2) is 9.59. The first-order valence-electron chi connectivity index (χ1n) is 10.7. The number of amides is 2. The molecule has 1 heterocycles. The third kappa shape index (κ3) is 5.08. The van der Waals surface area contributed by atoms with Crippen molar-refractivity contribution >= 4 is 11.7 Å². The highest BCUT2D eigenvalue weighted by atomic mass is 16.2. The van der Waals surface area contributed by atoms with Crippen LogP contribution in [0.2, 0.25) is 0 Å². The van der Waals surface area contributed by atoms with Gasteiger partial charge in [-0.25, -0.2) is 4.79 Å². The highest BCUT2D eigenvalue weighted by Gasteiger charge is 2.25. The molecular formula is C26H29N3O. The van der Waals surface area contributed by atoms with E-state index in [1.54, 1.807) is 0 Å². The number of carbonyl (C=O) groups excluding carboxylic acids is 1. The molecule has 1 aliphatic rings. The maximum Gasteiger partial charge on any atom is 0.322 e. The van der Waals surface area contributed by atoms with E-state index in [-0.39, 0.29) is 12.1 Å². The number of hydrogen-bond donors (Lipinski definition) is 2. The molecule has 4 heteroatoms. The zero-order valence-electron chi connectivity index (χ0n) is 17.5. The van der Waals surface area contributed by atoms with Crippen molar-refractivity contribution in [2.24, 2.45) is 0 Å². The Morgan fingerprint density at radius 1 is 0.900 bits per heavy atom. The number of rotatable bonds is 5. The summed E-state index contributed by atoms with van der Waals surface area (Å²) < 4.78 is 0. The van der Waals surface area contributed by atoms with Gasteiger partial charge in [0, 0.05) is 18.3 Å². The third-order valence-electron chi connectivity index (χ3n) is 5.73. The van der Waals surface area contributed by atoms with E-state index in [9.17, 15) is 4.79 Å². The van der Waals surface area contributed by atoms with E-state index in [0.717, 1.165) is 37.2 Å². The topological polar surface area (TPSA) is 44.4 Å². The molecule has 1 saturated heterocycles. The molecule has 0 bridgehead atoms. The van der Waals surface area contributed by atoms with Gasteiger partial charge in [0.2, 0.25) is 0 Å². The quantitative estimate of drug-likeness (QED) is 0.599. The summed E-state index contributed by atoms with van der Waals surface area (Å²) in [6, 6.07) is 27.1. The van der Waals surface area contributed by atoms with Crippen molar-refractivity contribution in [3.63, 3.8) is 0 Å². The highest BCUT2D eigenvalue weighted by Crippen LogP contribution is 2.22. The van der Waals surface area contributed by atoms with Crippen LogP contribution in [0.15, 0.2) is 78.9 Å². The molecule has 3 aromatic rings. The predicted molar refractivity (Wildman–Crippen MR) is 124 cm³/mol. The van der Waals surface area contributed by atoms with Crippen LogP contribution in [0.4, 0.5) is 10.5 Å². The van der Waals surface area contributed by atoms with Crippen LogP contribution in [0, 0.1) is 6.92 Å². The summed E-state index contributed by atoms with van der Waals surface area (Å²) in [5.74, 6) is 0. The largest absolute Gasteiger partial charge is 0.322 e. The molecule has 1 fully saturated rings. The lowest BCUT2D eigenvalue weighted by Gasteiger charge is -2.35. The number of nitrogens with zero attached hydrogens (tertiary/aromatic N) is 1. The van der Waals surface area contributed by atoms with Gasteiger partial charge in [-0.1, -0.05) is 72.3 Å². The van der Waals surface area contributed by atoms with E-state index in [1.807, 2.05) is 42.2 Å². The van der Waals surface area contributed by atoms with Gasteiger partial charge in [0.05, 0.1) is 0 Å². The fourth-order valence-electron chi connectivity index (χ4n) is 3.95. The van der Waals surface area contributed by atoms with Crippen molar-refractivity contribution < 1.29 is 4.79 Å². The Hall–Kier alpha value is -3.11. The standard InChI is InChI=1S/C26H29N3O/c1-20-7-13-24(14-8-20)28-26(30)29(25-15-17-27-18-16-25)19-21-9-11-23(12-10-21)22-5-3-2-4-6-22/h2-14,25,27H,15-19H2,1H3,(H,28,30). The SMILES string of the molecule is Cc1ccc(NC(=O)N(Cc2ccc(-c3ccccc3)cc2)C2CCNCC2)cc1. The molecule has 0 aromatic heterocycles. The lowest BCUT2D eigenvalue weighted by Crippen LogP contribution is -2.47. The monoisotopic (exact) mass is 399 g/mol. The minimum atomic E-state index is -0.0297. The number of hydrogen-bond acceptors (Lipinski definition) is 2. The van der Waals surface area contributed by atoms with E-state index in [2.05, 4.69) is 59.2 Å². The number of aryl methyl sites for hydroxylation is 1. The van der Waals surface area contributed by atoms with Gasteiger partial charge in [-0.2, -0.15) is 0 Å². The molecule has 2 amide bonds. The first-order valence-corrected chi connectivity index (χ1v) is 10.7. The van der Waals surface area contributed by atoms with Crippen molar-refractivity contribution in [1.29, 1.82) is 0 Å². The molecule has 0 atom stereocenters. The Labute approximate surface area is 178 Å². The molecule has 0 spiro atoms. The van der Waals surface area contributed by atoms with E-state index < -0.39 is 0 Å². The Morgan fingerprint density at radius 2 is 1.53 bits per heavy atom. The van der Waals surface area contributed by atoms with Crippen LogP contribution in [0.3, 0.4) is 0 Å². The molecule has 0 radical (unpaired) electrons. The molecule has 30 heavy (non-hydrogen) atoms. The number of nitrogens with one attached hydrogen (secondary N) is 2. The lowest BCUT2D eigenvalue weighted by molar-refractivity contribution is 0.166. The summed E-state index contributed by atoms with van der Waals surface area (Å²) >= 11 is 0. The van der Waals surface area contributed by atoms with Gasteiger partial charge in [-0.3, -0.25) is 0 Å². The maximum absolute atomic E-state index is 13.2. The second-order valence-electron chi connectivity index (χ2n) is 7.97.